The molecule has 5 rings (SSSR count). The molecule has 2 heterocycles. The number of carbonyl (C=O) groups excluding carboxylic acids is 3. The fourth-order valence-corrected chi connectivity index (χ4v) is 9.56. The van der Waals surface area contributed by atoms with E-state index in [9.17, 15) is 14.4 Å². The Labute approximate surface area is 222 Å². The van der Waals surface area contributed by atoms with Gasteiger partial charge in [0.2, 0.25) is 5.91 Å². The number of nitrogens with zero attached hydrogens (tertiary/aromatic N) is 1. The van der Waals surface area contributed by atoms with Crippen molar-refractivity contribution in [2.45, 2.75) is 85.4 Å². The molecule has 7 heteroatoms. The van der Waals surface area contributed by atoms with Crippen LogP contribution in [-0.2, 0) is 19.1 Å². The number of amides is 2. The van der Waals surface area contributed by atoms with Gasteiger partial charge in [-0.3, -0.25) is 14.9 Å². The van der Waals surface area contributed by atoms with Crippen LogP contribution in [0.1, 0.15) is 73.1 Å². The summed E-state index contributed by atoms with van der Waals surface area (Å²) in [6, 6.07) is 0. The highest BCUT2D eigenvalue weighted by Gasteiger charge is 2.68. The summed E-state index contributed by atoms with van der Waals surface area (Å²) < 4.78 is 12.4. The number of piperidine rings is 1. The molecule has 7 nitrogen and oxygen atoms in total. The average Bonchev–Trinajstić information content (AvgIpc) is 3.59. The Balaban J connectivity index is 1.49. The first-order valence-corrected chi connectivity index (χ1v) is 14.4. The van der Waals surface area contributed by atoms with Crippen molar-refractivity contribution in [1.82, 2.24) is 10.2 Å². The summed E-state index contributed by atoms with van der Waals surface area (Å²) in [6.07, 6.45) is 8.04. The number of ketones is 1. The Morgan fingerprint density at radius 2 is 1.84 bits per heavy atom. The maximum Gasteiger partial charge on any atom is 0.414 e. The highest BCUT2D eigenvalue weighted by atomic mass is 16.6. The quantitative estimate of drug-likeness (QED) is 0.552. The Hall–Kier alpha value is -1.73. The molecule has 0 aromatic heterocycles. The lowest BCUT2D eigenvalue weighted by atomic mass is 9.44. The van der Waals surface area contributed by atoms with E-state index in [1.807, 2.05) is 26.0 Å². The molecule has 11 atom stereocenters. The van der Waals surface area contributed by atoms with E-state index in [2.05, 4.69) is 31.0 Å². The van der Waals surface area contributed by atoms with Gasteiger partial charge in [-0.1, -0.05) is 32.9 Å². The van der Waals surface area contributed by atoms with E-state index in [0.717, 1.165) is 45.2 Å². The van der Waals surface area contributed by atoms with Crippen LogP contribution >= 0.6 is 0 Å². The minimum atomic E-state index is -0.748. The van der Waals surface area contributed by atoms with Crippen molar-refractivity contribution in [1.29, 1.82) is 0 Å². The van der Waals surface area contributed by atoms with Gasteiger partial charge in [-0.05, 0) is 69.7 Å². The van der Waals surface area contributed by atoms with Crippen LogP contribution in [0.5, 0.6) is 0 Å². The molecule has 0 radical (unpaired) electrons. The van der Waals surface area contributed by atoms with Gasteiger partial charge in [0.05, 0.1) is 12.0 Å². The highest BCUT2D eigenvalue weighted by molar-refractivity contribution is 5.94. The van der Waals surface area contributed by atoms with Crippen molar-refractivity contribution in [3.63, 3.8) is 0 Å². The maximum absolute atomic E-state index is 14.2. The first-order chi connectivity index (χ1) is 17.5. The van der Waals surface area contributed by atoms with E-state index < -0.39 is 17.6 Å². The number of Topliss-reactive ketones (excluding diaryl/α,β-unsaturated/α-hetero) is 1. The molecule has 2 amide bonds. The zero-order valence-corrected chi connectivity index (χ0v) is 23.5. The Bertz CT molecular complexity index is 981. The third-order valence-electron chi connectivity index (χ3n) is 11.8. The molecule has 3 saturated carbocycles. The highest BCUT2D eigenvalue weighted by Crippen LogP contribution is 2.68. The maximum atomic E-state index is 14.2. The molecule has 2 aliphatic heterocycles. The summed E-state index contributed by atoms with van der Waals surface area (Å²) in [5, 5.41) is 2.60. The van der Waals surface area contributed by atoms with E-state index in [1.54, 1.807) is 7.11 Å². The number of allylic oxidation sites excluding steroid dienone is 2. The van der Waals surface area contributed by atoms with Gasteiger partial charge in [-0.2, -0.15) is 0 Å². The van der Waals surface area contributed by atoms with Crippen molar-refractivity contribution in [3.8, 4) is 0 Å². The lowest BCUT2D eigenvalue weighted by molar-refractivity contribution is -0.189. The zero-order chi connectivity index (χ0) is 26.8. The van der Waals surface area contributed by atoms with Crippen LogP contribution in [-0.4, -0.2) is 61.6 Å². The molecule has 1 N–H and O–H groups in total. The van der Waals surface area contributed by atoms with E-state index in [4.69, 9.17) is 9.47 Å². The fourth-order valence-electron chi connectivity index (χ4n) is 9.56. The van der Waals surface area contributed by atoms with Crippen LogP contribution in [0.25, 0.3) is 0 Å². The number of alkyl carbamates (subject to hydrolysis) is 1. The average molecular weight is 515 g/mol. The van der Waals surface area contributed by atoms with Crippen LogP contribution in [0.4, 0.5) is 4.79 Å². The lowest BCUT2D eigenvalue weighted by Crippen LogP contribution is -2.63. The normalized spacial score (nSPS) is 49.0. The molecule has 5 aliphatic rings. The summed E-state index contributed by atoms with van der Waals surface area (Å²) in [4.78, 5) is 42.9. The minimum absolute atomic E-state index is 0.0213. The molecule has 0 aromatic rings. The third kappa shape index (κ3) is 4.02. The lowest BCUT2D eigenvalue weighted by Gasteiger charge is -2.61. The molecule has 2 saturated heterocycles. The SMILES string of the molecule is CC=C[C@]1(C)C[C@@H](OC(=O)NC(=O)[C@H]2CN3CC[C@@H]2C3)[C@@]2(C)C3[C@H](OC)CCC3(CC[C@H]2C)[C@@H](C)C1=O. The first-order valence-electron chi connectivity index (χ1n) is 14.4. The summed E-state index contributed by atoms with van der Waals surface area (Å²) in [7, 11) is 1.77. The number of nitrogens with one attached hydrogen (secondary N) is 1. The van der Waals surface area contributed by atoms with Crippen molar-refractivity contribution in [2.24, 2.45) is 45.8 Å². The van der Waals surface area contributed by atoms with Gasteiger partial charge in [0, 0.05) is 49.3 Å². The van der Waals surface area contributed by atoms with E-state index in [-0.39, 0.29) is 52.3 Å². The predicted octanol–water partition coefficient (Wildman–Crippen LogP) is 4.60. The van der Waals surface area contributed by atoms with E-state index in [1.165, 1.54) is 0 Å². The van der Waals surface area contributed by atoms with Crippen molar-refractivity contribution < 1.29 is 23.9 Å². The standard InChI is InChI=1S/C30H46N2O5/c1-7-11-28(4)15-23(37-27(35)31-26(34)21-17-32-14-10-20(21)16-32)29(5)18(2)8-12-30(19(3)25(28)33)13-9-22(36-6)24(29)30/h7,11,18-24H,8-10,12-17H2,1-6H3,(H,31,34,35)/t18-,19+,20-,21+,22-,23-,24?,28-,29+,30?/m1/s1. The largest absolute Gasteiger partial charge is 0.445 e. The number of methoxy groups -OCH3 is 1. The molecule has 206 valence electrons. The van der Waals surface area contributed by atoms with Crippen LogP contribution in [0.3, 0.4) is 0 Å². The molecule has 37 heavy (non-hydrogen) atoms. The summed E-state index contributed by atoms with van der Waals surface area (Å²) >= 11 is 0. The van der Waals surface area contributed by atoms with Gasteiger partial charge in [-0.15, -0.1) is 0 Å². The van der Waals surface area contributed by atoms with Crippen LogP contribution in [0, 0.1) is 45.8 Å². The molecular weight excluding hydrogens is 468 g/mol. The predicted molar refractivity (Wildman–Crippen MR) is 141 cm³/mol. The molecule has 4 bridgehead atoms. The number of rotatable bonds is 4. The third-order valence-corrected chi connectivity index (χ3v) is 11.8. The smallest absolute Gasteiger partial charge is 0.414 e. The molecule has 5 fully saturated rings. The van der Waals surface area contributed by atoms with Gasteiger partial charge in [-0.25, -0.2) is 4.79 Å². The molecule has 0 aromatic carbocycles. The minimum Gasteiger partial charge on any atom is -0.445 e. The molecular formula is C30H46N2O5. The number of ether oxygens (including phenoxy) is 2. The van der Waals surface area contributed by atoms with Crippen molar-refractivity contribution in [2.75, 3.05) is 26.7 Å². The number of fused-ring (bicyclic) bond motifs is 2. The Morgan fingerprint density at radius 1 is 1.11 bits per heavy atom. The number of imide groups is 1. The summed E-state index contributed by atoms with van der Waals surface area (Å²) in [6.45, 7) is 13.3. The van der Waals surface area contributed by atoms with Gasteiger partial charge in [0.25, 0.3) is 0 Å². The molecule has 3 unspecified atom stereocenters. The zero-order valence-electron chi connectivity index (χ0n) is 23.5. The number of carbonyl (C=O) groups is 3. The van der Waals surface area contributed by atoms with Gasteiger partial charge in [0.1, 0.15) is 11.9 Å². The summed E-state index contributed by atoms with van der Waals surface area (Å²) in [5.74, 6) is 0.455. The number of hydrogen-bond donors (Lipinski definition) is 1. The Morgan fingerprint density at radius 3 is 2.46 bits per heavy atom. The fraction of sp³-hybridized carbons (Fsp3) is 0.833. The van der Waals surface area contributed by atoms with E-state index in [0.29, 0.717) is 18.9 Å². The molecule has 0 spiro atoms. The van der Waals surface area contributed by atoms with Gasteiger partial charge >= 0.3 is 6.09 Å². The second-order valence-corrected chi connectivity index (χ2v) is 13.3. The monoisotopic (exact) mass is 514 g/mol. The first kappa shape index (κ1) is 26.9. The van der Waals surface area contributed by atoms with Gasteiger partial charge in [0.15, 0.2) is 0 Å². The van der Waals surface area contributed by atoms with Gasteiger partial charge < -0.3 is 14.4 Å². The number of hydrogen-bond acceptors (Lipinski definition) is 6. The van der Waals surface area contributed by atoms with Crippen LogP contribution in [0.2, 0.25) is 0 Å². The van der Waals surface area contributed by atoms with E-state index >= 15 is 0 Å². The molecule has 3 aliphatic carbocycles. The van der Waals surface area contributed by atoms with Crippen molar-refractivity contribution >= 4 is 17.8 Å². The topological polar surface area (TPSA) is 84.9 Å². The van der Waals surface area contributed by atoms with Crippen molar-refractivity contribution in [3.05, 3.63) is 12.2 Å². The Kier molecular flexibility index (Phi) is 6.88. The second kappa shape index (κ2) is 9.48. The summed E-state index contributed by atoms with van der Waals surface area (Å²) in [5.41, 5.74) is -1.30. The van der Waals surface area contributed by atoms with Crippen LogP contribution < -0.4 is 5.32 Å². The van der Waals surface area contributed by atoms with Crippen LogP contribution in [0.15, 0.2) is 12.2 Å². The second-order valence-electron chi connectivity index (χ2n) is 13.3.